The Bertz CT molecular complexity index is 481. The average Bonchev–Trinajstić information content (AvgIpc) is 2.35. The van der Waals surface area contributed by atoms with Crippen molar-refractivity contribution in [1.82, 2.24) is 5.32 Å². The number of nitrogens with two attached hydrogens (primary N) is 1. The molecule has 0 saturated carbocycles. The number of terminal acetylenes is 1. The largest absolute Gasteiger partial charge is 0.482 e. The van der Waals surface area contributed by atoms with Gasteiger partial charge in [-0.25, -0.2) is 0 Å². The Kier molecular flexibility index (Phi) is 6.20. The van der Waals surface area contributed by atoms with Gasteiger partial charge < -0.3 is 15.8 Å². The predicted octanol–water partition coefficient (Wildman–Crippen LogP) is 1.36. The number of hydrogen-bond donors (Lipinski definition) is 2. The lowest BCUT2D eigenvalue weighted by atomic mass is 10.1. The monoisotopic (exact) mass is 280 g/mol. The number of carbonyl (C=O) groups is 1. The molecule has 3 N–H and O–H groups in total. The number of halogens is 1. The van der Waals surface area contributed by atoms with Gasteiger partial charge in [-0.15, -0.1) is 6.42 Å². The molecule has 102 valence electrons. The van der Waals surface area contributed by atoms with Gasteiger partial charge in [-0.2, -0.15) is 0 Å². The summed E-state index contributed by atoms with van der Waals surface area (Å²) in [5.41, 5.74) is 6.65. The molecule has 1 aromatic carbocycles. The number of amides is 1. The van der Waals surface area contributed by atoms with Gasteiger partial charge in [0.1, 0.15) is 5.75 Å². The Labute approximate surface area is 118 Å². The van der Waals surface area contributed by atoms with Gasteiger partial charge in [0.05, 0.1) is 11.6 Å². The van der Waals surface area contributed by atoms with Crippen molar-refractivity contribution < 1.29 is 9.53 Å². The maximum atomic E-state index is 11.4. The molecule has 0 aromatic heterocycles. The summed E-state index contributed by atoms with van der Waals surface area (Å²) < 4.78 is 5.46. The van der Waals surface area contributed by atoms with E-state index in [2.05, 4.69) is 11.2 Å². The zero-order valence-corrected chi connectivity index (χ0v) is 11.5. The minimum atomic E-state index is -0.287. The summed E-state index contributed by atoms with van der Waals surface area (Å²) in [5.74, 6) is 2.53. The number of rotatable bonds is 6. The van der Waals surface area contributed by atoms with E-state index in [1.165, 1.54) is 0 Å². The van der Waals surface area contributed by atoms with Crippen LogP contribution >= 0.6 is 11.6 Å². The van der Waals surface area contributed by atoms with Crippen molar-refractivity contribution in [3.8, 4) is 18.1 Å². The maximum absolute atomic E-state index is 11.4. The van der Waals surface area contributed by atoms with E-state index < -0.39 is 0 Å². The molecule has 0 aliphatic carbocycles. The summed E-state index contributed by atoms with van der Waals surface area (Å²) in [4.78, 5) is 11.4. The van der Waals surface area contributed by atoms with E-state index in [1.54, 1.807) is 6.07 Å². The molecule has 0 saturated heterocycles. The summed E-state index contributed by atoms with van der Waals surface area (Å²) >= 11 is 6.07. The van der Waals surface area contributed by atoms with Crippen LogP contribution in [0.25, 0.3) is 0 Å². The van der Waals surface area contributed by atoms with Crippen LogP contribution < -0.4 is 15.8 Å². The van der Waals surface area contributed by atoms with Crippen molar-refractivity contribution in [1.29, 1.82) is 0 Å². The van der Waals surface area contributed by atoms with Crippen LogP contribution in [0.4, 0.5) is 0 Å². The second-order valence-corrected chi connectivity index (χ2v) is 4.59. The molecule has 0 aliphatic heterocycles. The zero-order valence-electron chi connectivity index (χ0n) is 10.8. The van der Waals surface area contributed by atoms with E-state index in [0.29, 0.717) is 17.2 Å². The highest BCUT2D eigenvalue weighted by molar-refractivity contribution is 6.32. The number of ether oxygens (including phenoxy) is 1. The third kappa shape index (κ3) is 5.21. The molecule has 0 radical (unpaired) electrons. The Balaban J connectivity index is 2.71. The number of para-hydroxylation sites is 1. The quantitative estimate of drug-likeness (QED) is 0.774. The van der Waals surface area contributed by atoms with Gasteiger partial charge in [0.25, 0.3) is 5.91 Å². The van der Waals surface area contributed by atoms with Gasteiger partial charge in [0.2, 0.25) is 0 Å². The van der Waals surface area contributed by atoms with Gasteiger partial charge in [0, 0.05) is 6.04 Å². The van der Waals surface area contributed by atoms with Crippen LogP contribution in [0.2, 0.25) is 5.02 Å². The average molecular weight is 281 g/mol. The molecule has 5 heteroatoms. The van der Waals surface area contributed by atoms with Crippen molar-refractivity contribution in [2.45, 2.75) is 19.4 Å². The van der Waals surface area contributed by atoms with E-state index in [9.17, 15) is 4.79 Å². The lowest BCUT2D eigenvalue weighted by molar-refractivity contribution is -0.122. The van der Waals surface area contributed by atoms with Crippen molar-refractivity contribution in [2.24, 2.45) is 5.73 Å². The third-order valence-electron chi connectivity index (χ3n) is 2.33. The fourth-order valence-electron chi connectivity index (χ4n) is 1.56. The second-order valence-electron chi connectivity index (χ2n) is 4.18. The van der Waals surface area contributed by atoms with E-state index in [4.69, 9.17) is 28.5 Å². The van der Waals surface area contributed by atoms with Gasteiger partial charge in [-0.3, -0.25) is 4.79 Å². The standard InChI is InChI=1S/C14H17ClN2O2/c1-3-7-17-13(18)9-19-14-11(8-10(2)16)5-4-6-12(14)15/h1,4-6,10H,7-9,16H2,2H3,(H,17,18). The Morgan fingerprint density at radius 3 is 3.00 bits per heavy atom. The molecule has 1 rings (SSSR count). The molecule has 1 unspecified atom stereocenters. The molecule has 0 heterocycles. The molecule has 0 spiro atoms. The van der Waals surface area contributed by atoms with Gasteiger partial charge >= 0.3 is 0 Å². The molecular weight excluding hydrogens is 264 g/mol. The van der Waals surface area contributed by atoms with E-state index in [0.717, 1.165) is 5.56 Å². The highest BCUT2D eigenvalue weighted by Crippen LogP contribution is 2.29. The van der Waals surface area contributed by atoms with Crippen LogP contribution in [0.5, 0.6) is 5.75 Å². The first-order valence-electron chi connectivity index (χ1n) is 5.90. The molecule has 0 aliphatic rings. The first-order valence-corrected chi connectivity index (χ1v) is 6.28. The summed E-state index contributed by atoms with van der Waals surface area (Å²) in [6.07, 6.45) is 5.67. The van der Waals surface area contributed by atoms with E-state index in [-0.39, 0.29) is 25.1 Å². The molecule has 4 nitrogen and oxygen atoms in total. The molecule has 1 atom stereocenters. The fraction of sp³-hybridized carbons (Fsp3) is 0.357. The summed E-state index contributed by atoms with van der Waals surface area (Å²) in [7, 11) is 0. The number of hydrogen-bond acceptors (Lipinski definition) is 3. The summed E-state index contributed by atoms with van der Waals surface area (Å²) in [6, 6.07) is 5.40. The number of carbonyl (C=O) groups excluding carboxylic acids is 1. The molecule has 0 fully saturated rings. The highest BCUT2D eigenvalue weighted by atomic mass is 35.5. The topological polar surface area (TPSA) is 64.3 Å². The zero-order chi connectivity index (χ0) is 14.3. The molecule has 1 amide bonds. The lowest BCUT2D eigenvalue weighted by Crippen LogP contribution is -2.29. The van der Waals surface area contributed by atoms with Crippen LogP contribution in [-0.4, -0.2) is 25.1 Å². The van der Waals surface area contributed by atoms with E-state index >= 15 is 0 Å². The minimum Gasteiger partial charge on any atom is -0.482 e. The fourth-order valence-corrected chi connectivity index (χ4v) is 1.81. The summed E-state index contributed by atoms with van der Waals surface area (Å²) in [6.45, 7) is 1.94. The van der Waals surface area contributed by atoms with Crippen LogP contribution in [0.15, 0.2) is 18.2 Å². The van der Waals surface area contributed by atoms with Gasteiger partial charge in [-0.05, 0) is 25.0 Å². The smallest absolute Gasteiger partial charge is 0.258 e. The van der Waals surface area contributed by atoms with Crippen LogP contribution in [-0.2, 0) is 11.2 Å². The normalized spacial score (nSPS) is 11.5. The first-order chi connectivity index (χ1) is 9.04. The first kappa shape index (κ1) is 15.4. The van der Waals surface area contributed by atoms with Gasteiger partial charge in [-0.1, -0.05) is 29.7 Å². The Morgan fingerprint density at radius 2 is 2.37 bits per heavy atom. The van der Waals surface area contributed by atoms with Crippen LogP contribution in [0.3, 0.4) is 0 Å². The third-order valence-corrected chi connectivity index (χ3v) is 2.62. The Morgan fingerprint density at radius 1 is 1.63 bits per heavy atom. The van der Waals surface area contributed by atoms with Crippen LogP contribution in [0.1, 0.15) is 12.5 Å². The minimum absolute atomic E-state index is 0.0175. The molecule has 0 bridgehead atoms. The van der Waals surface area contributed by atoms with Crippen molar-refractivity contribution >= 4 is 17.5 Å². The van der Waals surface area contributed by atoms with Crippen molar-refractivity contribution in [2.75, 3.05) is 13.2 Å². The molecule has 1 aromatic rings. The van der Waals surface area contributed by atoms with Gasteiger partial charge in [0.15, 0.2) is 6.61 Å². The maximum Gasteiger partial charge on any atom is 0.258 e. The van der Waals surface area contributed by atoms with E-state index in [1.807, 2.05) is 19.1 Å². The summed E-state index contributed by atoms with van der Waals surface area (Å²) in [5, 5.41) is 2.98. The number of benzene rings is 1. The van der Waals surface area contributed by atoms with Crippen molar-refractivity contribution in [3.05, 3.63) is 28.8 Å². The SMILES string of the molecule is C#CCNC(=O)COc1c(Cl)cccc1CC(C)N. The predicted molar refractivity (Wildman–Crippen MR) is 76.1 cm³/mol. The lowest BCUT2D eigenvalue weighted by Gasteiger charge is -2.14. The highest BCUT2D eigenvalue weighted by Gasteiger charge is 2.11. The molecule has 19 heavy (non-hydrogen) atoms. The second kappa shape index (κ2) is 7.67. The Hall–Kier alpha value is -1.70. The van der Waals surface area contributed by atoms with Crippen LogP contribution in [0, 0.1) is 12.3 Å². The van der Waals surface area contributed by atoms with Crippen molar-refractivity contribution in [3.63, 3.8) is 0 Å². The molecular formula is C14H17ClN2O2. The number of nitrogens with one attached hydrogen (secondary N) is 1.